The van der Waals surface area contributed by atoms with Crippen LogP contribution in [-0.4, -0.2) is 43.2 Å². The number of hydrogen-bond donors (Lipinski definition) is 1. The Morgan fingerprint density at radius 3 is 2.65 bits per heavy atom. The summed E-state index contributed by atoms with van der Waals surface area (Å²) in [5.41, 5.74) is 3.75. The second-order valence-corrected chi connectivity index (χ2v) is 8.32. The highest BCUT2D eigenvalue weighted by Gasteiger charge is 2.31. The molecule has 1 atom stereocenters. The van der Waals surface area contributed by atoms with E-state index in [-0.39, 0.29) is 11.6 Å². The Morgan fingerprint density at radius 1 is 1.03 bits per heavy atom. The maximum absolute atomic E-state index is 13.2. The summed E-state index contributed by atoms with van der Waals surface area (Å²) in [6.45, 7) is 4.48. The predicted octanol–water partition coefficient (Wildman–Crippen LogP) is 3.45. The smallest absolute Gasteiger partial charge is 0.253 e. The van der Waals surface area contributed by atoms with E-state index in [0.29, 0.717) is 17.9 Å². The fourth-order valence-electron chi connectivity index (χ4n) is 4.50. The van der Waals surface area contributed by atoms with Gasteiger partial charge >= 0.3 is 0 Å². The molecule has 0 bridgehead atoms. The Kier molecular flexibility index (Phi) is 5.34. The number of tetrazole rings is 1. The van der Waals surface area contributed by atoms with Crippen molar-refractivity contribution >= 4 is 10.9 Å². The summed E-state index contributed by atoms with van der Waals surface area (Å²) >= 11 is 0. The number of nitrogens with one attached hydrogen (secondary N) is 1. The number of H-pyrrole nitrogens is 1. The molecule has 1 aliphatic rings. The highest BCUT2D eigenvalue weighted by molar-refractivity contribution is 5.79. The van der Waals surface area contributed by atoms with Crippen LogP contribution >= 0.6 is 0 Å². The number of aromatic nitrogens is 5. The summed E-state index contributed by atoms with van der Waals surface area (Å²) in [6.07, 6.45) is 3.44. The average Bonchev–Trinajstić information content (AvgIpc) is 3.24. The maximum Gasteiger partial charge on any atom is 0.253 e. The van der Waals surface area contributed by atoms with E-state index in [1.807, 2.05) is 41.1 Å². The van der Waals surface area contributed by atoms with Gasteiger partial charge in [0.25, 0.3) is 5.56 Å². The largest absolute Gasteiger partial charge is 0.322 e. The molecule has 1 aliphatic heterocycles. The van der Waals surface area contributed by atoms with E-state index in [1.54, 1.807) is 0 Å². The summed E-state index contributed by atoms with van der Waals surface area (Å²) < 4.78 is 1.83. The van der Waals surface area contributed by atoms with Crippen molar-refractivity contribution in [1.82, 2.24) is 30.1 Å². The highest BCUT2D eigenvalue weighted by atomic mass is 16.1. The SMILES string of the molecule is Cc1ccc2[nH]c(=O)c(C(c3nnnn3Cc3ccccc3)N3CCCCC3)cc2c1. The molecule has 2 aromatic heterocycles. The lowest BCUT2D eigenvalue weighted by molar-refractivity contribution is 0.177. The van der Waals surface area contributed by atoms with Gasteiger partial charge in [-0.1, -0.05) is 48.4 Å². The molecule has 1 fully saturated rings. The number of likely N-dealkylation sites (tertiary alicyclic amines) is 1. The van der Waals surface area contributed by atoms with Crippen LogP contribution < -0.4 is 5.56 Å². The molecule has 5 rings (SSSR count). The van der Waals surface area contributed by atoms with Gasteiger partial charge < -0.3 is 4.98 Å². The lowest BCUT2D eigenvalue weighted by Crippen LogP contribution is -2.38. The van der Waals surface area contributed by atoms with Crippen LogP contribution in [0.5, 0.6) is 0 Å². The minimum atomic E-state index is -0.285. The Labute approximate surface area is 180 Å². The molecule has 7 nitrogen and oxygen atoms in total. The van der Waals surface area contributed by atoms with Crippen LogP contribution in [0.3, 0.4) is 0 Å². The number of pyridine rings is 1. The highest BCUT2D eigenvalue weighted by Crippen LogP contribution is 2.29. The number of hydrogen-bond acceptors (Lipinski definition) is 5. The van der Waals surface area contributed by atoms with Gasteiger partial charge in [0.1, 0.15) is 6.04 Å². The number of nitrogens with zero attached hydrogens (tertiary/aromatic N) is 5. The molecule has 0 amide bonds. The average molecular weight is 415 g/mol. The lowest BCUT2D eigenvalue weighted by Gasteiger charge is -2.33. The van der Waals surface area contributed by atoms with Crippen LogP contribution in [0.1, 0.15) is 47.8 Å². The van der Waals surface area contributed by atoms with E-state index >= 15 is 0 Å². The van der Waals surface area contributed by atoms with Gasteiger partial charge in [-0.05, 0) is 72.4 Å². The van der Waals surface area contributed by atoms with Crippen LogP contribution in [0.4, 0.5) is 0 Å². The molecule has 2 aromatic carbocycles. The van der Waals surface area contributed by atoms with Crippen LogP contribution in [0, 0.1) is 6.92 Å². The Bertz CT molecular complexity index is 1240. The predicted molar refractivity (Wildman–Crippen MR) is 120 cm³/mol. The maximum atomic E-state index is 13.2. The first-order valence-electron chi connectivity index (χ1n) is 10.9. The zero-order valence-corrected chi connectivity index (χ0v) is 17.7. The third-order valence-electron chi connectivity index (χ3n) is 6.06. The third kappa shape index (κ3) is 4.01. The molecule has 158 valence electrons. The first kappa shape index (κ1) is 19.6. The van der Waals surface area contributed by atoms with Gasteiger partial charge in [0.15, 0.2) is 5.82 Å². The first-order chi connectivity index (χ1) is 15.2. The lowest BCUT2D eigenvalue weighted by atomic mass is 10.00. The molecule has 4 aromatic rings. The summed E-state index contributed by atoms with van der Waals surface area (Å²) in [6, 6.07) is 18.0. The van der Waals surface area contributed by atoms with E-state index in [4.69, 9.17) is 0 Å². The van der Waals surface area contributed by atoms with Crippen molar-refractivity contribution in [2.24, 2.45) is 0 Å². The molecule has 1 unspecified atom stereocenters. The van der Waals surface area contributed by atoms with E-state index in [2.05, 4.69) is 50.5 Å². The summed E-state index contributed by atoms with van der Waals surface area (Å²) in [5.74, 6) is 0.711. The van der Waals surface area contributed by atoms with Gasteiger partial charge in [0.2, 0.25) is 0 Å². The van der Waals surface area contributed by atoms with Gasteiger partial charge in [-0.2, -0.15) is 0 Å². The molecular weight excluding hydrogens is 388 g/mol. The minimum absolute atomic E-state index is 0.0822. The molecule has 0 spiro atoms. The van der Waals surface area contributed by atoms with E-state index in [1.165, 1.54) is 6.42 Å². The first-order valence-corrected chi connectivity index (χ1v) is 10.9. The third-order valence-corrected chi connectivity index (χ3v) is 6.06. The van der Waals surface area contributed by atoms with Gasteiger partial charge in [0, 0.05) is 11.1 Å². The molecule has 1 saturated heterocycles. The van der Waals surface area contributed by atoms with Gasteiger partial charge in [-0.25, -0.2) is 4.68 Å². The van der Waals surface area contributed by atoms with Crippen molar-refractivity contribution in [3.05, 3.63) is 87.5 Å². The van der Waals surface area contributed by atoms with Crippen LogP contribution in [-0.2, 0) is 6.54 Å². The molecule has 31 heavy (non-hydrogen) atoms. The molecule has 7 heteroatoms. The van der Waals surface area contributed by atoms with Crippen molar-refractivity contribution < 1.29 is 0 Å². The Hall–Kier alpha value is -3.32. The molecule has 0 aliphatic carbocycles. The Morgan fingerprint density at radius 2 is 1.84 bits per heavy atom. The van der Waals surface area contributed by atoms with E-state index < -0.39 is 0 Å². The topological polar surface area (TPSA) is 79.7 Å². The summed E-state index contributed by atoms with van der Waals surface area (Å²) in [4.78, 5) is 18.6. The van der Waals surface area contributed by atoms with Gasteiger partial charge in [0.05, 0.1) is 6.54 Å². The molecular formula is C24H26N6O. The van der Waals surface area contributed by atoms with Gasteiger partial charge in [-0.3, -0.25) is 9.69 Å². The fraction of sp³-hybridized carbons (Fsp3) is 0.333. The molecule has 0 saturated carbocycles. The van der Waals surface area contributed by atoms with Crippen molar-refractivity contribution in [1.29, 1.82) is 0 Å². The number of fused-ring (bicyclic) bond motifs is 1. The number of piperidine rings is 1. The number of aryl methyl sites for hydroxylation is 1. The summed E-state index contributed by atoms with van der Waals surface area (Å²) in [5, 5.41) is 13.7. The number of aromatic amines is 1. The van der Waals surface area contributed by atoms with Crippen molar-refractivity contribution in [3.63, 3.8) is 0 Å². The standard InChI is InChI=1S/C24H26N6O/c1-17-10-11-21-19(14-17)15-20(24(31)25-21)22(29-12-6-3-7-13-29)23-26-27-28-30(23)16-18-8-4-2-5-9-18/h2,4-5,8-11,14-15,22H,3,6-7,12-13,16H2,1H3,(H,25,31). The van der Waals surface area contributed by atoms with Gasteiger partial charge in [-0.15, -0.1) is 5.10 Å². The molecule has 1 N–H and O–H groups in total. The van der Waals surface area contributed by atoms with E-state index in [0.717, 1.165) is 48.0 Å². The monoisotopic (exact) mass is 414 g/mol. The number of rotatable bonds is 5. The molecule has 3 heterocycles. The second kappa shape index (κ2) is 8.43. The van der Waals surface area contributed by atoms with Crippen molar-refractivity contribution in [3.8, 4) is 0 Å². The quantitative estimate of drug-likeness (QED) is 0.541. The normalized spacial score (nSPS) is 15.9. The summed E-state index contributed by atoms with van der Waals surface area (Å²) in [7, 11) is 0. The van der Waals surface area contributed by atoms with Crippen LogP contribution in [0.2, 0.25) is 0 Å². The molecule has 0 radical (unpaired) electrons. The van der Waals surface area contributed by atoms with Crippen molar-refractivity contribution in [2.75, 3.05) is 13.1 Å². The van der Waals surface area contributed by atoms with Crippen LogP contribution in [0.25, 0.3) is 10.9 Å². The zero-order valence-electron chi connectivity index (χ0n) is 17.7. The minimum Gasteiger partial charge on any atom is -0.322 e. The van der Waals surface area contributed by atoms with Crippen molar-refractivity contribution in [2.45, 2.75) is 38.8 Å². The number of benzene rings is 2. The fourth-order valence-corrected chi connectivity index (χ4v) is 4.50. The second-order valence-electron chi connectivity index (χ2n) is 8.32. The zero-order chi connectivity index (χ0) is 21.2. The Balaban J connectivity index is 1.63. The van der Waals surface area contributed by atoms with E-state index in [9.17, 15) is 4.79 Å². The van der Waals surface area contributed by atoms with Crippen LogP contribution in [0.15, 0.2) is 59.4 Å².